The van der Waals surface area contributed by atoms with Gasteiger partial charge in [-0.3, -0.25) is 4.79 Å². The largest absolute Gasteiger partial charge is 0.399 e. The highest BCUT2D eigenvalue weighted by molar-refractivity contribution is 5.99. The lowest BCUT2D eigenvalue weighted by Gasteiger charge is -2.23. The van der Waals surface area contributed by atoms with Crippen LogP contribution in [0.25, 0.3) is 0 Å². The summed E-state index contributed by atoms with van der Waals surface area (Å²) in [5.74, 6) is 0.175. The molecule has 1 aromatic carbocycles. The third-order valence-electron chi connectivity index (χ3n) is 3.73. The van der Waals surface area contributed by atoms with E-state index in [2.05, 4.69) is 0 Å². The van der Waals surface area contributed by atoms with Gasteiger partial charge in [-0.15, -0.1) is 0 Å². The molecule has 3 heteroatoms. The zero-order valence-electron chi connectivity index (χ0n) is 9.28. The van der Waals surface area contributed by atoms with E-state index in [9.17, 15) is 4.79 Å². The van der Waals surface area contributed by atoms with E-state index in [4.69, 9.17) is 5.73 Å². The monoisotopic (exact) mass is 216 g/mol. The Labute approximate surface area is 95.2 Å². The van der Waals surface area contributed by atoms with Crippen LogP contribution < -0.4 is 5.73 Å². The number of rotatable bonds is 1. The van der Waals surface area contributed by atoms with E-state index in [1.54, 1.807) is 0 Å². The second kappa shape index (κ2) is 3.51. The number of fused-ring (bicyclic) bond motifs is 1. The van der Waals surface area contributed by atoms with Crippen molar-refractivity contribution in [3.8, 4) is 0 Å². The van der Waals surface area contributed by atoms with Crippen LogP contribution in [0.4, 0.5) is 5.69 Å². The normalized spacial score (nSPS) is 20.5. The number of nitrogen functional groups attached to an aromatic ring is 1. The number of nitrogens with zero attached hydrogens (tertiary/aromatic N) is 1. The van der Waals surface area contributed by atoms with Gasteiger partial charge in [-0.1, -0.05) is 18.9 Å². The van der Waals surface area contributed by atoms with E-state index in [1.165, 1.54) is 12.8 Å². The summed E-state index contributed by atoms with van der Waals surface area (Å²) in [6, 6.07) is 6.13. The fraction of sp³-hybridized carbons (Fsp3) is 0.462. The fourth-order valence-electron chi connectivity index (χ4n) is 2.85. The summed E-state index contributed by atoms with van der Waals surface area (Å²) in [5, 5.41) is 0. The molecule has 2 N–H and O–H groups in total. The molecular formula is C13H16N2O. The van der Waals surface area contributed by atoms with Gasteiger partial charge in [0.25, 0.3) is 5.91 Å². The maximum Gasteiger partial charge on any atom is 0.254 e. The summed E-state index contributed by atoms with van der Waals surface area (Å²) in [4.78, 5) is 14.2. The summed E-state index contributed by atoms with van der Waals surface area (Å²) in [5.41, 5.74) is 8.34. The molecule has 1 amide bonds. The first-order valence-corrected chi connectivity index (χ1v) is 5.95. The SMILES string of the molecule is Nc1ccc2c(c1)C(=O)N(C1CCCC1)C2. The van der Waals surface area contributed by atoms with Gasteiger partial charge in [0.1, 0.15) is 0 Å². The minimum Gasteiger partial charge on any atom is -0.399 e. The maximum absolute atomic E-state index is 12.2. The van der Waals surface area contributed by atoms with Gasteiger partial charge in [-0.2, -0.15) is 0 Å². The first kappa shape index (κ1) is 9.70. The molecule has 0 atom stereocenters. The van der Waals surface area contributed by atoms with Crippen LogP contribution in [-0.4, -0.2) is 16.8 Å². The molecule has 1 aromatic rings. The van der Waals surface area contributed by atoms with Gasteiger partial charge >= 0.3 is 0 Å². The van der Waals surface area contributed by atoms with E-state index in [0.29, 0.717) is 11.7 Å². The lowest BCUT2D eigenvalue weighted by molar-refractivity contribution is 0.0707. The highest BCUT2D eigenvalue weighted by Crippen LogP contribution is 2.32. The van der Waals surface area contributed by atoms with Gasteiger partial charge in [0.15, 0.2) is 0 Å². The molecule has 1 saturated carbocycles. The van der Waals surface area contributed by atoms with Crippen LogP contribution in [0.1, 0.15) is 41.6 Å². The van der Waals surface area contributed by atoms with Gasteiger partial charge in [0.05, 0.1) is 0 Å². The Bertz CT molecular complexity index is 436. The summed E-state index contributed by atoms with van der Waals surface area (Å²) in [6.45, 7) is 0.777. The third kappa shape index (κ3) is 1.39. The topological polar surface area (TPSA) is 46.3 Å². The standard InChI is InChI=1S/C13H16N2O/c14-10-6-5-9-8-15(11-3-1-2-4-11)13(16)12(9)7-10/h5-7,11H,1-4,8,14H2. The maximum atomic E-state index is 12.2. The van der Waals surface area contributed by atoms with Crippen LogP contribution in [0, 0.1) is 0 Å². The molecule has 0 unspecified atom stereocenters. The molecule has 1 aliphatic carbocycles. The number of hydrogen-bond donors (Lipinski definition) is 1. The van der Waals surface area contributed by atoms with Gasteiger partial charge in [0, 0.05) is 23.8 Å². The van der Waals surface area contributed by atoms with Crippen molar-refractivity contribution >= 4 is 11.6 Å². The average molecular weight is 216 g/mol. The molecule has 2 aliphatic rings. The molecule has 3 nitrogen and oxygen atoms in total. The van der Waals surface area contributed by atoms with E-state index in [0.717, 1.165) is 30.5 Å². The Morgan fingerprint density at radius 1 is 1.25 bits per heavy atom. The van der Waals surface area contributed by atoms with E-state index < -0.39 is 0 Å². The Morgan fingerprint density at radius 2 is 2.00 bits per heavy atom. The Kier molecular flexibility index (Phi) is 2.13. The minimum absolute atomic E-state index is 0.175. The van der Waals surface area contributed by atoms with Crippen LogP contribution in [0.2, 0.25) is 0 Å². The Morgan fingerprint density at radius 3 is 2.75 bits per heavy atom. The Balaban J connectivity index is 1.91. The highest BCUT2D eigenvalue weighted by Gasteiger charge is 2.33. The molecule has 3 rings (SSSR count). The van der Waals surface area contributed by atoms with E-state index in [1.807, 2.05) is 23.1 Å². The van der Waals surface area contributed by atoms with Crippen molar-refractivity contribution in [2.24, 2.45) is 0 Å². The van der Waals surface area contributed by atoms with E-state index >= 15 is 0 Å². The first-order valence-electron chi connectivity index (χ1n) is 5.95. The van der Waals surface area contributed by atoms with Gasteiger partial charge in [-0.05, 0) is 30.5 Å². The van der Waals surface area contributed by atoms with Crippen LogP contribution in [0.3, 0.4) is 0 Å². The van der Waals surface area contributed by atoms with E-state index in [-0.39, 0.29) is 5.91 Å². The molecule has 0 spiro atoms. The number of amides is 1. The van der Waals surface area contributed by atoms with Crippen molar-refractivity contribution in [1.82, 2.24) is 4.90 Å². The predicted octanol–water partition coefficient (Wildman–Crippen LogP) is 2.17. The highest BCUT2D eigenvalue weighted by atomic mass is 16.2. The zero-order valence-corrected chi connectivity index (χ0v) is 9.28. The molecule has 0 bridgehead atoms. The quantitative estimate of drug-likeness (QED) is 0.731. The van der Waals surface area contributed by atoms with Crippen molar-refractivity contribution in [2.75, 3.05) is 5.73 Å². The molecule has 0 saturated heterocycles. The van der Waals surface area contributed by atoms with Gasteiger partial charge in [-0.25, -0.2) is 0 Å². The van der Waals surface area contributed by atoms with Crippen LogP contribution in [-0.2, 0) is 6.54 Å². The molecule has 1 fully saturated rings. The second-order valence-corrected chi connectivity index (χ2v) is 4.79. The first-order chi connectivity index (χ1) is 7.75. The van der Waals surface area contributed by atoms with Gasteiger partial charge in [0.2, 0.25) is 0 Å². The third-order valence-corrected chi connectivity index (χ3v) is 3.73. The molecule has 1 aliphatic heterocycles. The summed E-state index contributed by atoms with van der Waals surface area (Å²) in [6.07, 6.45) is 4.84. The summed E-state index contributed by atoms with van der Waals surface area (Å²) < 4.78 is 0. The van der Waals surface area contributed by atoms with Crippen LogP contribution in [0.15, 0.2) is 18.2 Å². The minimum atomic E-state index is 0.175. The van der Waals surface area contributed by atoms with Gasteiger partial charge < -0.3 is 10.6 Å². The molecule has 84 valence electrons. The van der Waals surface area contributed by atoms with Crippen LogP contribution in [0.5, 0.6) is 0 Å². The van der Waals surface area contributed by atoms with Crippen molar-refractivity contribution < 1.29 is 4.79 Å². The zero-order chi connectivity index (χ0) is 11.1. The predicted molar refractivity (Wildman–Crippen MR) is 63.0 cm³/mol. The second-order valence-electron chi connectivity index (χ2n) is 4.79. The van der Waals surface area contributed by atoms with Crippen LogP contribution >= 0.6 is 0 Å². The molecular weight excluding hydrogens is 200 g/mol. The Hall–Kier alpha value is -1.51. The van der Waals surface area contributed by atoms with Crippen molar-refractivity contribution in [3.05, 3.63) is 29.3 Å². The number of carbonyl (C=O) groups is 1. The van der Waals surface area contributed by atoms with Crippen molar-refractivity contribution in [1.29, 1.82) is 0 Å². The average Bonchev–Trinajstić information content (AvgIpc) is 2.87. The lowest BCUT2D eigenvalue weighted by atomic mass is 10.1. The smallest absolute Gasteiger partial charge is 0.254 e. The lowest BCUT2D eigenvalue weighted by Crippen LogP contribution is -2.33. The number of nitrogens with two attached hydrogens (primary N) is 1. The van der Waals surface area contributed by atoms with Crippen molar-refractivity contribution in [2.45, 2.75) is 38.3 Å². The number of hydrogen-bond acceptors (Lipinski definition) is 2. The molecule has 1 heterocycles. The summed E-state index contributed by atoms with van der Waals surface area (Å²) in [7, 11) is 0. The number of anilines is 1. The molecule has 0 radical (unpaired) electrons. The number of benzene rings is 1. The van der Waals surface area contributed by atoms with Crippen molar-refractivity contribution in [3.63, 3.8) is 0 Å². The molecule has 16 heavy (non-hydrogen) atoms. The number of carbonyl (C=O) groups excluding carboxylic acids is 1. The summed E-state index contributed by atoms with van der Waals surface area (Å²) >= 11 is 0. The fourth-order valence-corrected chi connectivity index (χ4v) is 2.85. The molecule has 0 aromatic heterocycles.